The van der Waals surface area contributed by atoms with Gasteiger partial charge >= 0.3 is 13.6 Å². The van der Waals surface area contributed by atoms with E-state index in [4.69, 9.17) is 20.5 Å². The Balaban J connectivity index is 4.63. The number of hydrogen-bond acceptors (Lipinski definition) is 7. The fourth-order valence-electron chi connectivity index (χ4n) is 1.73. The monoisotopic (exact) mass is 340 g/mol. The van der Waals surface area contributed by atoms with E-state index < -0.39 is 31.9 Å². The highest BCUT2D eigenvalue weighted by atomic mass is 31.2. The Labute approximate surface area is 129 Å². The van der Waals surface area contributed by atoms with Crippen molar-refractivity contribution < 1.29 is 28.4 Å². The molecule has 11 heteroatoms. The van der Waals surface area contributed by atoms with Gasteiger partial charge in [-0.1, -0.05) is 0 Å². The van der Waals surface area contributed by atoms with Crippen LogP contribution in [0.3, 0.4) is 0 Å². The fourth-order valence-corrected chi connectivity index (χ4v) is 3.31. The molecule has 6 N–H and O–H groups in total. The maximum atomic E-state index is 12.3. The number of amides is 3. The van der Waals surface area contributed by atoms with Crippen LogP contribution in [0.5, 0.6) is 0 Å². The van der Waals surface area contributed by atoms with E-state index in [9.17, 15) is 19.4 Å². The standard InChI is InChI=1S/C11H25N4O6P/c1-3-20-22(19,21-4-2)8-15(18)9(10(12)16)6-5-7-14-11(13)17/h9,18H,3-8H2,1-2H3,(H2,12,16)(H3,13,14,17)/t9-/m0/s1. The van der Waals surface area contributed by atoms with E-state index in [-0.39, 0.29) is 26.2 Å². The number of hydrogen-bond donors (Lipinski definition) is 4. The van der Waals surface area contributed by atoms with Crippen LogP contribution in [-0.4, -0.2) is 54.3 Å². The first-order chi connectivity index (χ1) is 10.3. The number of nitrogens with two attached hydrogens (primary N) is 2. The Bertz CT molecular complexity index is 398. The summed E-state index contributed by atoms with van der Waals surface area (Å²) < 4.78 is 22.4. The average Bonchev–Trinajstić information content (AvgIpc) is 2.37. The highest BCUT2D eigenvalue weighted by Gasteiger charge is 2.32. The maximum absolute atomic E-state index is 12.3. The Morgan fingerprint density at radius 2 is 1.82 bits per heavy atom. The zero-order chi connectivity index (χ0) is 17.2. The van der Waals surface area contributed by atoms with Gasteiger partial charge in [0.15, 0.2) is 0 Å². The molecule has 22 heavy (non-hydrogen) atoms. The second kappa shape index (κ2) is 10.5. The van der Waals surface area contributed by atoms with E-state index in [0.29, 0.717) is 11.5 Å². The second-order valence-electron chi connectivity index (χ2n) is 4.38. The lowest BCUT2D eigenvalue weighted by atomic mass is 10.1. The third-order valence-corrected chi connectivity index (χ3v) is 4.55. The summed E-state index contributed by atoms with van der Waals surface area (Å²) in [4.78, 5) is 21.9. The SMILES string of the molecule is CCOP(=O)(CN(O)[C@@H](CCCNC(N)=O)C(N)=O)OCC. The van der Waals surface area contributed by atoms with Gasteiger partial charge in [0.1, 0.15) is 12.3 Å². The minimum atomic E-state index is -3.55. The van der Waals surface area contributed by atoms with Gasteiger partial charge < -0.3 is 31.0 Å². The van der Waals surface area contributed by atoms with Gasteiger partial charge in [-0.3, -0.25) is 9.36 Å². The van der Waals surface area contributed by atoms with Crippen LogP contribution in [0.4, 0.5) is 4.79 Å². The van der Waals surface area contributed by atoms with Crippen LogP contribution in [-0.2, 0) is 18.4 Å². The lowest BCUT2D eigenvalue weighted by molar-refractivity contribution is -0.148. The summed E-state index contributed by atoms with van der Waals surface area (Å²) in [6, 6.07) is -1.77. The molecule has 0 rings (SSSR count). The number of urea groups is 1. The van der Waals surface area contributed by atoms with Gasteiger partial charge in [-0.2, -0.15) is 5.06 Å². The zero-order valence-corrected chi connectivity index (χ0v) is 13.8. The molecule has 0 heterocycles. The van der Waals surface area contributed by atoms with E-state index >= 15 is 0 Å². The van der Waals surface area contributed by atoms with Crippen LogP contribution in [0.15, 0.2) is 0 Å². The molecule has 0 aromatic rings. The van der Waals surface area contributed by atoms with Crippen LogP contribution in [0.1, 0.15) is 26.7 Å². The Kier molecular flexibility index (Phi) is 9.95. The van der Waals surface area contributed by atoms with Crippen molar-refractivity contribution in [1.82, 2.24) is 10.4 Å². The predicted octanol–water partition coefficient (Wildman–Crippen LogP) is 0.204. The molecule has 0 aliphatic heterocycles. The smallest absolute Gasteiger partial charge is 0.346 e. The van der Waals surface area contributed by atoms with Gasteiger partial charge in [0.25, 0.3) is 0 Å². The van der Waals surface area contributed by atoms with Crippen LogP contribution in [0, 0.1) is 0 Å². The van der Waals surface area contributed by atoms with Gasteiger partial charge in [-0.25, -0.2) is 4.79 Å². The molecule has 0 spiro atoms. The Morgan fingerprint density at radius 3 is 2.23 bits per heavy atom. The highest BCUT2D eigenvalue weighted by molar-refractivity contribution is 7.53. The van der Waals surface area contributed by atoms with E-state index in [1.165, 1.54) is 0 Å². The predicted molar refractivity (Wildman–Crippen MR) is 79.2 cm³/mol. The molecule has 0 aliphatic rings. The van der Waals surface area contributed by atoms with Crippen LogP contribution >= 0.6 is 7.60 Å². The van der Waals surface area contributed by atoms with Crippen molar-refractivity contribution in [3.8, 4) is 0 Å². The normalized spacial score (nSPS) is 13.1. The molecule has 0 saturated carbocycles. The maximum Gasteiger partial charge on any atom is 0.346 e. The number of nitrogens with one attached hydrogen (secondary N) is 1. The van der Waals surface area contributed by atoms with Crippen molar-refractivity contribution >= 4 is 19.5 Å². The molecule has 3 amide bonds. The number of rotatable bonds is 12. The van der Waals surface area contributed by atoms with Crippen LogP contribution in [0.25, 0.3) is 0 Å². The van der Waals surface area contributed by atoms with Gasteiger partial charge in [-0.15, -0.1) is 0 Å². The number of nitrogens with zero attached hydrogens (tertiary/aromatic N) is 1. The second-order valence-corrected chi connectivity index (χ2v) is 6.40. The number of carbonyl (C=O) groups is 2. The average molecular weight is 340 g/mol. The molecule has 0 bridgehead atoms. The van der Waals surface area contributed by atoms with E-state index in [1.807, 2.05) is 0 Å². The summed E-state index contributed by atoms with van der Waals surface area (Å²) in [7, 11) is -3.55. The quantitative estimate of drug-likeness (QED) is 0.224. The first-order valence-corrected chi connectivity index (χ1v) is 8.64. The lowest BCUT2D eigenvalue weighted by Gasteiger charge is -2.26. The fraction of sp³-hybridized carbons (Fsp3) is 0.818. The van der Waals surface area contributed by atoms with Crippen molar-refractivity contribution in [1.29, 1.82) is 0 Å². The largest absolute Gasteiger partial charge is 0.368 e. The van der Waals surface area contributed by atoms with Crippen molar-refractivity contribution in [2.75, 3.05) is 26.0 Å². The Hall–Kier alpha value is -1.19. The Morgan fingerprint density at radius 1 is 1.27 bits per heavy atom. The lowest BCUT2D eigenvalue weighted by Crippen LogP contribution is -2.44. The molecule has 0 aromatic carbocycles. The molecular weight excluding hydrogens is 315 g/mol. The minimum absolute atomic E-state index is 0.134. The summed E-state index contributed by atoms with van der Waals surface area (Å²) in [6.07, 6.45) is 0.0110. The number of carbonyl (C=O) groups excluding carboxylic acids is 2. The highest BCUT2D eigenvalue weighted by Crippen LogP contribution is 2.48. The van der Waals surface area contributed by atoms with E-state index in [1.54, 1.807) is 13.8 Å². The number of primary amides is 2. The summed E-state index contributed by atoms with van der Waals surface area (Å²) in [5.74, 6) is -0.791. The summed E-state index contributed by atoms with van der Waals surface area (Å²) in [5, 5.41) is 12.9. The van der Waals surface area contributed by atoms with Gasteiger partial charge in [-0.05, 0) is 26.7 Å². The van der Waals surface area contributed by atoms with Crippen molar-refractivity contribution in [3.05, 3.63) is 0 Å². The molecule has 130 valence electrons. The molecule has 0 aromatic heterocycles. The van der Waals surface area contributed by atoms with Crippen LogP contribution in [0.2, 0.25) is 0 Å². The summed E-state index contributed by atoms with van der Waals surface area (Å²) >= 11 is 0. The topological polar surface area (TPSA) is 157 Å². The summed E-state index contributed by atoms with van der Waals surface area (Å²) in [6.45, 7) is 3.76. The third-order valence-electron chi connectivity index (χ3n) is 2.61. The van der Waals surface area contributed by atoms with Gasteiger partial charge in [0, 0.05) is 6.54 Å². The van der Waals surface area contributed by atoms with Crippen molar-refractivity contribution in [2.24, 2.45) is 11.5 Å². The van der Waals surface area contributed by atoms with E-state index in [2.05, 4.69) is 5.32 Å². The molecule has 0 fully saturated rings. The molecule has 0 radical (unpaired) electrons. The minimum Gasteiger partial charge on any atom is -0.368 e. The molecule has 0 unspecified atom stereocenters. The molecule has 1 atom stereocenters. The molecular formula is C11H25N4O6P. The zero-order valence-electron chi connectivity index (χ0n) is 12.9. The third kappa shape index (κ3) is 8.30. The van der Waals surface area contributed by atoms with Crippen LogP contribution < -0.4 is 16.8 Å². The molecule has 0 aliphatic carbocycles. The summed E-state index contributed by atoms with van der Waals surface area (Å²) in [5.41, 5.74) is 10.1. The van der Waals surface area contributed by atoms with E-state index in [0.717, 1.165) is 0 Å². The first-order valence-electron chi connectivity index (χ1n) is 6.92. The first kappa shape index (κ1) is 20.8. The van der Waals surface area contributed by atoms with Gasteiger partial charge in [0.05, 0.1) is 13.2 Å². The molecule has 10 nitrogen and oxygen atoms in total. The van der Waals surface area contributed by atoms with Gasteiger partial charge in [0.2, 0.25) is 5.91 Å². The number of hydroxylamine groups is 2. The van der Waals surface area contributed by atoms with Crippen molar-refractivity contribution in [2.45, 2.75) is 32.7 Å². The molecule has 0 saturated heterocycles. The van der Waals surface area contributed by atoms with Crippen molar-refractivity contribution in [3.63, 3.8) is 0 Å².